The van der Waals surface area contributed by atoms with E-state index in [0.717, 1.165) is 49.4 Å². The summed E-state index contributed by atoms with van der Waals surface area (Å²) in [7, 11) is -9.60. The van der Waals surface area contributed by atoms with Crippen LogP contribution in [0.1, 0.15) is 29.1 Å². The first-order valence-electron chi connectivity index (χ1n) is 12.4. The summed E-state index contributed by atoms with van der Waals surface area (Å²) in [5.74, 6) is 0.494. The number of nitrogens with zero attached hydrogens (tertiary/aromatic N) is 2. The molecule has 0 saturated carbocycles. The Hall–Kier alpha value is -2.29. The van der Waals surface area contributed by atoms with Gasteiger partial charge in [0.15, 0.2) is 0 Å². The van der Waals surface area contributed by atoms with Crippen molar-refractivity contribution >= 4 is 36.9 Å². The third kappa shape index (κ3) is 6.60. The van der Waals surface area contributed by atoms with Gasteiger partial charge in [-0.15, -0.1) is 0 Å². The monoisotopic (exact) mass is 601 g/mol. The summed E-state index contributed by atoms with van der Waals surface area (Å²) in [5.41, 5.74) is 2.53. The van der Waals surface area contributed by atoms with Crippen molar-refractivity contribution in [2.45, 2.75) is 37.5 Å². The molecule has 2 aromatic rings. The van der Waals surface area contributed by atoms with Crippen LogP contribution in [-0.4, -0.2) is 57.6 Å². The Morgan fingerprint density at radius 1 is 0.825 bits per heavy atom. The quantitative estimate of drug-likeness (QED) is 0.129. The fourth-order valence-electron chi connectivity index (χ4n) is 4.81. The molecule has 0 aromatic heterocycles. The van der Waals surface area contributed by atoms with Gasteiger partial charge in [0.05, 0.1) is 11.0 Å². The van der Waals surface area contributed by atoms with Crippen molar-refractivity contribution in [1.82, 2.24) is 4.58 Å². The Kier molecular flexibility index (Phi) is 11.1. The molecule has 4 N–H and O–H groups in total. The minimum atomic E-state index is -4.88. The average Bonchev–Trinajstić information content (AvgIpc) is 2.87. The second-order valence-corrected chi connectivity index (χ2v) is 11.6. The van der Waals surface area contributed by atoms with E-state index in [0.29, 0.717) is 27.9 Å². The summed E-state index contributed by atoms with van der Waals surface area (Å²) in [6.45, 7) is 11.3. The maximum atomic E-state index is 12.5. The number of benzene rings is 3. The van der Waals surface area contributed by atoms with E-state index in [2.05, 4.69) is 9.48 Å². The molecule has 0 radical (unpaired) electrons. The van der Waals surface area contributed by atoms with Gasteiger partial charge in [0, 0.05) is 53.0 Å². The molecule has 1 aliphatic carbocycles. The van der Waals surface area contributed by atoms with E-state index in [1.807, 2.05) is 64.1 Å². The molecule has 0 unspecified atom stereocenters. The number of anilines is 1. The van der Waals surface area contributed by atoms with Crippen molar-refractivity contribution in [2.24, 2.45) is 0 Å². The zero-order chi connectivity index (χ0) is 27.8. The standard InChI is InChI=1S/C27H30N2O7S2.Na.H2O.H/c1-5-28(6-2)18-9-12-21-24(15-18)36-25-16-19(29(7-3)8-4)10-13-22(25)27(21)23-14-11-20(37(30,31)32)17-26(23)38(33,34)35;;;/h9-17H,5-8H2,1-4H3,(H-,30,31,32,33,34,35);;1H2;/q;+1;;-1/p+1. The molecule has 0 amide bonds. The van der Waals surface area contributed by atoms with Crippen LogP contribution in [0, 0.1) is 0 Å². The number of hydrogen-bond acceptors (Lipinski definition) is 6. The number of rotatable bonds is 8. The molecule has 40 heavy (non-hydrogen) atoms. The third-order valence-electron chi connectivity index (χ3n) is 6.74. The molecule has 0 spiro atoms. The zero-order valence-electron chi connectivity index (χ0n) is 24.2. The molecular formula is C27H34N2NaO8S2+. The SMILES string of the molecule is CCN(CC)c1ccc2c(-c3ccc(S(=O)(=O)O)cc3S(=O)(=O)O)c3ccc(=[N+](CC)CC)cc-3oc2c1.O.[H-].[Na+]. The van der Waals surface area contributed by atoms with Gasteiger partial charge < -0.3 is 16.2 Å². The van der Waals surface area contributed by atoms with E-state index in [4.69, 9.17) is 4.42 Å². The summed E-state index contributed by atoms with van der Waals surface area (Å²) < 4.78 is 76.6. The predicted octanol–water partition coefficient (Wildman–Crippen LogP) is 0.648. The predicted molar refractivity (Wildman–Crippen MR) is 153 cm³/mol. The van der Waals surface area contributed by atoms with E-state index in [9.17, 15) is 25.9 Å². The fourth-order valence-corrected chi connectivity index (χ4v) is 6.12. The van der Waals surface area contributed by atoms with Crippen molar-refractivity contribution in [3.8, 4) is 22.5 Å². The van der Waals surface area contributed by atoms with Crippen LogP contribution >= 0.6 is 0 Å². The van der Waals surface area contributed by atoms with Crippen LogP contribution in [0.15, 0.2) is 68.8 Å². The Bertz CT molecular complexity index is 1780. The van der Waals surface area contributed by atoms with Gasteiger partial charge in [-0.1, -0.05) is 6.07 Å². The second kappa shape index (κ2) is 13.1. The van der Waals surface area contributed by atoms with E-state index in [1.54, 1.807) is 0 Å². The van der Waals surface area contributed by atoms with Crippen LogP contribution in [0.4, 0.5) is 5.69 Å². The van der Waals surface area contributed by atoms with Gasteiger partial charge in [-0.3, -0.25) is 9.11 Å². The van der Waals surface area contributed by atoms with Gasteiger partial charge >= 0.3 is 29.6 Å². The Morgan fingerprint density at radius 3 is 2.00 bits per heavy atom. The van der Waals surface area contributed by atoms with Crippen LogP contribution in [0.3, 0.4) is 0 Å². The number of hydrogen-bond donors (Lipinski definition) is 2. The van der Waals surface area contributed by atoms with Gasteiger partial charge in [0.25, 0.3) is 20.2 Å². The van der Waals surface area contributed by atoms with E-state index in [-0.39, 0.29) is 42.0 Å². The average molecular weight is 602 g/mol. The summed E-state index contributed by atoms with van der Waals surface area (Å²) in [4.78, 5) is 0.869. The molecule has 1 heterocycles. The van der Waals surface area contributed by atoms with Crippen LogP contribution in [-0.2, 0) is 20.2 Å². The van der Waals surface area contributed by atoms with Crippen LogP contribution in [0.2, 0.25) is 0 Å². The summed E-state index contributed by atoms with van der Waals surface area (Å²) in [5, 5.41) is 1.50. The minimum absolute atomic E-state index is 0. The molecule has 4 rings (SSSR count). The Labute approximate surface area is 257 Å². The van der Waals surface area contributed by atoms with Crippen LogP contribution < -0.4 is 44.4 Å². The summed E-state index contributed by atoms with van der Waals surface area (Å²) in [6.07, 6.45) is 0. The van der Waals surface area contributed by atoms with Crippen molar-refractivity contribution in [1.29, 1.82) is 0 Å². The van der Waals surface area contributed by atoms with Gasteiger partial charge in [0.2, 0.25) is 5.36 Å². The van der Waals surface area contributed by atoms with Gasteiger partial charge in [-0.05, 0) is 58.0 Å². The summed E-state index contributed by atoms with van der Waals surface area (Å²) >= 11 is 0. The molecular weight excluding hydrogens is 567 g/mol. The molecule has 1 aliphatic heterocycles. The second-order valence-electron chi connectivity index (χ2n) is 8.79. The zero-order valence-corrected chi connectivity index (χ0v) is 26.8. The first kappa shape index (κ1) is 33.9. The topological polar surface area (TPSA) is 160 Å². The van der Waals surface area contributed by atoms with Gasteiger partial charge in [-0.25, -0.2) is 4.58 Å². The molecule has 212 valence electrons. The third-order valence-corrected chi connectivity index (χ3v) is 8.49. The van der Waals surface area contributed by atoms with E-state index in [1.165, 1.54) is 6.07 Å². The molecule has 10 nitrogen and oxygen atoms in total. The van der Waals surface area contributed by atoms with Crippen molar-refractivity contribution in [2.75, 3.05) is 31.1 Å². The molecule has 0 bridgehead atoms. The summed E-state index contributed by atoms with van der Waals surface area (Å²) in [6, 6.07) is 14.4. The van der Waals surface area contributed by atoms with Crippen LogP contribution in [0.25, 0.3) is 33.4 Å². The molecule has 0 fully saturated rings. The van der Waals surface area contributed by atoms with Gasteiger partial charge in [-0.2, -0.15) is 16.8 Å². The Morgan fingerprint density at radius 2 is 1.45 bits per heavy atom. The maximum absolute atomic E-state index is 12.5. The van der Waals surface area contributed by atoms with Crippen molar-refractivity contribution < 1.29 is 66.8 Å². The fraction of sp³-hybridized carbons (Fsp3) is 0.296. The molecule has 2 aromatic carbocycles. The normalized spacial score (nSPS) is 11.7. The van der Waals surface area contributed by atoms with E-state index < -0.39 is 30.0 Å². The number of fused-ring (bicyclic) bond motifs is 2. The Balaban J connectivity index is 0.00000280. The maximum Gasteiger partial charge on any atom is 1.00 e. The van der Waals surface area contributed by atoms with Crippen molar-refractivity contribution in [3.63, 3.8) is 0 Å². The molecule has 0 saturated heterocycles. The first-order valence-corrected chi connectivity index (χ1v) is 15.2. The molecule has 13 heteroatoms. The van der Waals surface area contributed by atoms with Gasteiger partial charge in [0.1, 0.15) is 29.3 Å². The van der Waals surface area contributed by atoms with E-state index >= 15 is 0 Å². The smallest absolute Gasteiger partial charge is 1.00 e. The largest absolute Gasteiger partial charge is 1.00 e. The van der Waals surface area contributed by atoms with Crippen molar-refractivity contribution in [3.05, 3.63) is 60.0 Å². The first-order chi connectivity index (χ1) is 17.9. The molecule has 2 aliphatic rings. The van der Waals surface area contributed by atoms with Crippen LogP contribution in [0.5, 0.6) is 0 Å². The molecule has 0 atom stereocenters. The minimum Gasteiger partial charge on any atom is -1.00 e.